The highest BCUT2D eigenvalue weighted by Gasteiger charge is 2.27. The third-order valence-corrected chi connectivity index (χ3v) is 3.04. The lowest BCUT2D eigenvalue weighted by Gasteiger charge is -2.04. The van der Waals surface area contributed by atoms with Gasteiger partial charge in [0.25, 0.3) is 5.91 Å². The van der Waals surface area contributed by atoms with Gasteiger partial charge in [-0.3, -0.25) is 24.3 Å². The van der Waals surface area contributed by atoms with E-state index in [2.05, 4.69) is 20.3 Å². The third-order valence-electron chi connectivity index (χ3n) is 3.04. The Morgan fingerprint density at radius 1 is 1.48 bits per heavy atom. The van der Waals surface area contributed by atoms with Crippen molar-refractivity contribution in [2.75, 3.05) is 12.4 Å². The van der Waals surface area contributed by atoms with E-state index in [9.17, 15) is 19.7 Å². The number of amides is 1. The van der Waals surface area contributed by atoms with Gasteiger partial charge in [0, 0.05) is 19.8 Å². The van der Waals surface area contributed by atoms with Crippen LogP contribution in [0.5, 0.6) is 0 Å². The van der Waals surface area contributed by atoms with Crippen LogP contribution >= 0.6 is 0 Å². The van der Waals surface area contributed by atoms with Gasteiger partial charge in [-0.2, -0.15) is 10.2 Å². The maximum atomic E-state index is 12.3. The molecule has 0 spiro atoms. The maximum absolute atomic E-state index is 12.3. The van der Waals surface area contributed by atoms with Crippen LogP contribution < -0.4 is 5.32 Å². The van der Waals surface area contributed by atoms with Crippen LogP contribution in [0.2, 0.25) is 0 Å². The van der Waals surface area contributed by atoms with Crippen molar-refractivity contribution in [2.45, 2.75) is 13.5 Å². The average Bonchev–Trinajstić information content (AvgIpc) is 3.09. The number of rotatable bonds is 5. The van der Waals surface area contributed by atoms with Gasteiger partial charge in [-0.05, 0) is 6.92 Å². The number of hydrogen-bond acceptors (Lipinski definition) is 7. The number of anilines is 1. The Morgan fingerprint density at radius 2 is 2.17 bits per heavy atom. The first-order valence-electron chi connectivity index (χ1n) is 6.52. The Balaban J connectivity index is 2.38. The van der Waals surface area contributed by atoms with E-state index in [1.807, 2.05) is 0 Å². The first-order valence-corrected chi connectivity index (χ1v) is 6.52. The average molecular weight is 322 g/mol. The lowest BCUT2D eigenvalue weighted by atomic mass is 10.3. The molecule has 2 rings (SSSR count). The molecule has 0 aliphatic carbocycles. The number of carbonyl (C=O) groups is 2. The summed E-state index contributed by atoms with van der Waals surface area (Å²) >= 11 is 0. The maximum Gasteiger partial charge on any atom is 0.360 e. The molecule has 0 fully saturated rings. The van der Waals surface area contributed by atoms with Gasteiger partial charge < -0.3 is 10.1 Å². The minimum absolute atomic E-state index is 0.0903. The minimum Gasteiger partial charge on any atom is -0.464 e. The lowest BCUT2D eigenvalue weighted by molar-refractivity contribution is -0.385. The zero-order valence-electron chi connectivity index (χ0n) is 12.6. The van der Waals surface area contributed by atoms with Crippen LogP contribution in [0.15, 0.2) is 12.4 Å². The molecule has 122 valence electrons. The molecular weight excluding hydrogens is 308 g/mol. The Hall–Kier alpha value is -3.24. The monoisotopic (exact) mass is 322 g/mol. The van der Waals surface area contributed by atoms with Gasteiger partial charge >= 0.3 is 11.7 Å². The molecule has 0 aromatic carbocycles. The van der Waals surface area contributed by atoms with Crippen LogP contribution in [-0.2, 0) is 18.3 Å². The number of nitrogens with one attached hydrogen (secondary N) is 1. The number of methoxy groups -OCH3 is 1. The minimum atomic E-state index is -0.780. The largest absolute Gasteiger partial charge is 0.464 e. The van der Waals surface area contributed by atoms with Crippen LogP contribution in [0.4, 0.5) is 11.4 Å². The van der Waals surface area contributed by atoms with E-state index < -0.39 is 22.5 Å². The Kier molecular flexibility index (Phi) is 4.39. The molecule has 23 heavy (non-hydrogen) atoms. The highest BCUT2D eigenvalue weighted by atomic mass is 16.6. The van der Waals surface area contributed by atoms with E-state index >= 15 is 0 Å². The quantitative estimate of drug-likeness (QED) is 0.483. The number of carbonyl (C=O) groups excluding carboxylic acids is 2. The number of nitro groups is 1. The Labute approximate surface area is 130 Å². The van der Waals surface area contributed by atoms with Crippen LogP contribution in [0.3, 0.4) is 0 Å². The summed E-state index contributed by atoms with van der Waals surface area (Å²) in [4.78, 5) is 34.3. The first kappa shape index (κ1) is 16.1. The van der Waals surface area contributed by atoms with Crippen LogP contribution in [0.25, 0.3) is 0 Å². The molecular formula is C12H14N6O5. The number of hydrogen-bond donors (Lipinski definition) is 1. The molecule has 1 N–H and O–H groups in total. The van der Waals surface area contributed by atoms with Gasteiger partial charge in [-0.25, -0.2) is 4.79 Å². The smallest absolute Gasteiger partial charge is 0.360 e. The van der Waals surface area contributed by atoms with Crippen LogP contribution in [0, 0.1) is 10.1 Å². The van der Waals surface area contributed by atoms with Crippen molar-refractivity contribution in [3.05, 3.63) is 33.9 Å². The van der Waals surface area contributed by atoms with E-state index in [1.165, 1.54) is 25.0 Å². The standard InChI is InChI=1S/C12H14N6O5/c1-4-17-6-7(9(15-17)12(20)23-3)14-11(19)10-8(18(21)22)5-13-16(10)2/h5-6H,4H2,1-3H3,(H,14,19). The summed E-state index contributed by atoms with van der Waals surface area (Å²) in [5.41, 5.74) is -0.672. The van der Waals surface area contributed by atoms with Crippen molar-refractivity contribution >= 4 is 23.3 Å². The van der Waals surface area contributed by atoms with E-state index in [-0.39, 0.29) is 17.1 Å². The fraction of sp³-hybridized carbons (Fsp3) is 0.333. The molecule has 0 aliphatic rings. The number of aromatic nitrogens is 4. The van der Waals surface area contributed by atoms with Crippen molar-refractivity contribution in [3.8, 4) is 0 Å². The topological polar surface area (TPSA) is 134 Å². The van der Waals surface area contributed by atoms with Crippen LogP contribution in [-0.4, -0.2) is 43.5 Å². The predicted octanol–water partition coefficient (Wildman–Crippen LogP) is 0.584. The summed E-state index contributed by atoms with van der Waals surface area (Å²) in [5.74, 6) is -1.51. The van der Waals surface area contributed by atoms with Gasteiger partial charge in [0.05, 0.1) is 17.7 Å². The number of esters is 1. The van der Waals surface area contributed by atoms with Crippen molar-refractivity contribution in [1.82, 2.24) is 19.6 Å². The summed E-state index contributed by atoms with van der Waals surface area (Å²) in [5, 5.41) is 21.1. The highest BCUT2D eigenvalue weighted by Crippen LogP contribution is 2.21. The van der Waals surface area contributed by atoms with Gasteiger partial charge in [0.1, 0.15) is 6.20 Å². The number of ether oxygens (including phenoxy) is 1. The second kappa shape index (κ2) is 6.25. The summed E-state index contributed by atoms with van der Waals surface area (Å²) in [6.45, 7) is 2.26. The van der Waals surface area contributed by atoms with Gasteiger partial charge in [-0.1, -0.05) is 0 Å². The molecule has 0 unspecified atom stereocenters. The van der Waals surface area contributed by atoms with Crippen molar-refractivity contribution in [2.24, 2.45) is 7.05 Å². The van der Waals surface area contributed by atoms with Crippen molar-refractivity contribution in [3.63, 3.8) is 0 Å². The predicted molar refractivity (Wildman–Crippen MR) is 77.1 cm³/mol. The number of nitrogens with zero attached hydrogens (tertiary/aromatic N) is 5. The molecule has 2 aromatic heterocycles. The zero-order valence-corrected chi connectivity index (χ0v) is 12.6. The van der Waals surface area contributed by atoms with Crippen molar-refractivity contribution in [1.29, 1.82) is 0 Å². The molecule has 2 aromatic rings. The summed E-state index contributed by atoms with van der Waals surface area (Å²) in [6, 6.07) is 0. The normalized spacial score (nSPS) is 10.4. The molecule has 0 atom stereocenters. The Bertz CT molecular complexity index is 777. The lowest BCUT2D eigenvalue weighted by Crippen LogP contribution is -2.19. The van der Waals surface area contributed by atoms with Gasteiger partial charge in [-0.15, -0.1) is 0 Å². The number of aryl methyl sites for hydroxylation is 2. The second-order valence-corrected chi connectivity index (χ2v) is 4.45. The molecule has 0 radical (unpaired) electrons. The van der Waals surface area contributed by atoms with Gasteiger partial charge in [0.2, 0.25) is 5.69 Å². The molecule has 0 aliphatic heterocycles. The molecule has 0 saturated carbocycles. The summed E-state index contributed by atoms with van der Waals surface area (Å²) in [7, 11) is 2.59. The van der Waals surface area contributed by atoms with Gasteiger partial charge in [0.15, 0.2) is 5.69 Å². The Morgan fingerprint density at radius 3 is 2.74 bits per heavy atom. The summed E-state index contributed by atoms with van der Waals surface area (Å²) < 4.78 is 7.11. The molecule has 2 heterocycles. The first-order chi connectivity index (χ1) is 10.9. The third kappa shape index (κ3) is 3.02. The van der Waals surface area contributed by atoms with Crippen LogP contribution in [0.1, 0.15) is 27.9 Å². The SMILES string of the molecule is CCn1cc(NC(=O)c2c([N+](=O)[O-])cnn2C)c(C(=O)OC)n1. The molecule has 11 nitrogen and oxygen atoms in total. The second-order valence-electron chi connectivity index (χ2n) is 4.45. The molecule has 0 bridgehead atoms. The van der Waals surface area contributed by atoms with E-state index in [0.29, 0.717) is 6.54 Å². The van der Waals surface area contributed by atoms with E-state index in [0.717, 1.165) is 10.9 Å². The summed E-state index contributed by atoms with van der Waals surface area (Å²) in [6.07, 6.45) is 2.41. The molecule has 0 saturated heterocycles. The van der Waals surface area contributed by atoms with E-state index in [4.69, 9.17) is 0 Å². The fourth-order valence-electron chi connectivity index (χ4n) is 1.93. The fourth-order valence-corrected chi connectivity index (χ4v) is 1.93. The molecule has 11 heteroatoms. The molecule has 1 amide bonds. The highest BCUT2D eigenvalue weighted by molar-refractivity contribution is 6.08. The zero-order chi connectivity index (χ0) is 17.1. The van der Waals surface area contributed by atoms with Crippen molar-refractivity contribution < 1.29 is 19.2 Å². The van der Waals surface area contributed by atoms with E-state index in [1.54, 1.807) is 6.92 Å².